The minimum Gasteiger partial charge on any atom is -0.385 e. The van der Waals surface area contributed by atoms with Gasteiger partial charge in [-0.1, -0.05) is 35.9 Å². The third-order valence-corrected chi connectivity index (χ3v) is 2.93. The number of hydrogen-bond donors (Lipinski definition) is 1. The summed E-state index contributed by atoms with van der Waals surface area (Å²) in [5.41, 5.74) is 3.76. The number of halogens is 1. The second-order valence-electron chi connectivity index (χ2n) is 4.17. The number of hydrogen-bond acceptors (Lipinski definition) is 1. The van der Waals surface area contributed by atoms with Crippen LogP contribution in [0.15, 0.2) is 48.5 Å². The molecule has 88 valence electrons. The van der Waals surface area contributed by atoms with Gasteiger partial charge in [0.05, 0.1) is 0 Å². The fourth-order valence-corrected chi connectivity index (χ4v) is 1.88. The van der Waals surface area contributed by atoms with Gasteiger partial charge in [-0.05, 0) is 48.7 Å². The number of aryl methyl sites for hydroxylation is 1. The van der Waals surface area contributed by atoms with E-state index >= 15 is 0 Å². The van der Waals surface area contributed by atoms with E-state index in [1.807, 2.05) is 12.1 Å². The van der Waals surface area contributed by atoms with Gasteiger partial charge in [-0.25, -0.2) is 0 Å². The first-order chi connectivity index (χ1) is 8.24. The third kappa shape index (κ3) is 3.79. The molecule has 2 aromatic rings. The van der Waals surface area contributed by atoms with Crippen molar-refractivity contribution in [2.45, 2.75) is 13.3 Å². The molecule has 0 radical (unpaired) electrons. The monoisotopic (exact) mass is 245 g/mol. The molecule has 0 aliphatic rings. The van der Waals surface area contributed by atoms with E-state index in [9.17, 15) is 0 Å². The van der Waals surface area contributed by atoms with Crippen LogP contribution in [-0.2, 0) is 6.42 Å². The molecular formula is C15H16ClN. The number of benzene rings is 2. The van der Waals surface area contributed by atoms with Crippen LogP contribution in [0.5, 0.6) is 0 Å². The van der Waals surface area contributed by atoms with Crippen LogP contribution in [0.25, 0.3) is 0 Å². The van der Waals surface area contributed by atoms with Crippen LogP contribution in [-0.4, -0.2) is 6.54 Å². The maximum absolute atomic E-state index is 5.84. The smallest absolute Gasteiger partial charge is 0.0406 e. The summed E-state index contributed by atoms with van der Waals surface area (Å²) in [6.45, 7) is 3.04. The van der Waals surface area contributed by atoms with Crippen molar-refractivity contribution < 1.29 is 0 Å². The fourth-order valence-electron chi connectivity index (χ4n) is 1.76. The Morgan fingerprint density at radius 2 is 1.82 bits per heavy atom. The van der Waals surface area contributed by atoms with Gasteiger partial charge < -0.3 is 5.32 Å². The highest BCUT2D eigenvalue weighted by molar-refractivity contribution is 6.30. The van der Waals surface area contributed by atoms with Crippen molar-refractivity contribution in [1.82, 2.24) is 0 Å². The summed E-state index contributed by atoms with van der Waals surface area (Å²) in [6.07, 6.45) is 1.01. The lowest BCUT2D eigenvalue weighted by Crippen LogP contribution is -2.04. The molecule has 0 fully saturated rings. The van der Waals surface area contributed by atoms with Crippen LogP contribution in [0.4, 0.5) is 5.69 Å². The molecule has 2 rings (SSSR count). The van der Waals surface area contributed by atoms with Gasteiger partial charge in [-0.3, -0.25) is 0 Å². The van der Waals surface area contributed by atoms with Gasteiger partial charge in [-0.15, -0.1) is 0 Å². The van der Waals surface area contributed by atoms with Gasteiger partial charge in [0.1, 0.15) is 0 Å². The SMILES string of the molecule is Cc1cccc(NCCc2ccc(Cl)cc2)c1. The molecule has 0 bridgehead atoms. The van der Waals surface area contributed by atoms with Gasteiger partial charge in [0, 0.05) is 17.3 Å². The highest BCUT2D eigenvalue weighted by atomic mass is 35.5. The molecule has 1 N–H and O–H groups in total. The van der Waals surface area contributed by atoms with Crippen molar-refractivity contribution in [3.05, 3.63) is 64.7 Å². The first-order valence-electron chi connectivity index (χ1n) is 5.79. The van der Waals surface area contributed by atoms with Gasteiger partial charge in [0.2, 0.25) is 0 Å². The molecular weight excluding hydrogens is 230 g/mol. The first kappa shape index (κ1) is 12.0. The average Bonchev–Trinajstić information content (AvgIpc) is 2.32. The third-order valence-electron chi connectivity index (χ3n) is 2.67. The molecule has 17 heavy (non-hydrogen) atoms. The van der Waals surface area contributed by atoms with E-state index in [0.29, 0.717) is 0 Å². The zero-order valence-electron chi connectivity index (χ0n) is 9.91. The average molecular weight is 246 g/mol. The highest BCUT2D eigenvalue weighted by Gasteiger charge is 1.95. The van der Waals surface area contributed by atoms with E-state index in [1.165, 1.54) is 16.8 Å². The predicted octanol–water partition coefficient (Wildman–Crippen LogP) is 4.30. The predicted molar refractivity (Wildman–Crippen MR) is 74.8 cm³/mol. The van der Waals surface area contributed by atoms with Crippen molar-refractivity contribution in [3.63, 3.8) is 0 Å². The Bertz CT molecular complexity index is 477. The standard InChI is InChI=1S/C15H16ClN/c1-12-3-2-4-15(11-12)17-10-9-13-5-7-14(16)8-6-13/h2-8,11,17H,9-10H2,1H3. The van der Waals surface area contributed by atoms with E-state index in [2.05, 4.69) is 48.6 Å². The number of nitrogens with one attached hydrogen (secondary N) is 1. The Balaban J connectivity index is 1.85. The topological polar surface area (TPSA) is 12.0 Å². The zero-order valence-corrected chi connectivity index (χ0v) is 10.7. The molecule has 0 amide bonds. The van der Waals surface area contributed by atoms with Gasteiger partial charge in [-0.2, -0.15) is 0 Å². The number of rotatable bonds is 4. The summed E-state index contributed by atoms with van der Waals surface area (Å²) < 4.78 is 0. The summed E-state index contributed by atoms with van der Waals surface area (Å²) in [5, 5.41) is 4.21. The molecule has 0 atom stereocenters. The van der Waals surface area contributed by atoms with Crippen molar-refractivity contribution in [3.8, 4) is 0 Å². The summed E-state index contributed by atoms with van der Waals surface area (Å²) >= 11 is 5.84. The Morgan fingerprint density at radius 3 is 2.53 bits per heavy atom. The van der Waals surface area contributed by atoms with E-state index in [-0.39, 0.29) is 0 Å². The van der Waals surface area contributed by atoms with Crippen LogP contribution in [0.2, 0.25) is 5.02 Å². The second-order valence-corrected chi connectivity index (χ2v) is 4.61. The molecule has 0 saturated carbocycles. The maximum atomic E-state index is 5.84. The van der Waals surface area contributed by atoms with Crippen molar-refractivity contribution in [2.24, 2.45) is 0 Å². The fraction of sp³-hybridized carbons (Fsp3) is 0.200. The molecule has 0 spiro atoms. The Kier molecular flexibility index (Phi) is 4.05. The molecule has 0 saturated heterocycles. The normalized spacial score (nSPS) is 10.2. The van der Waals surface area contributed by atoms with Gasteiger partial charge >= 0.3 is 0 Å². The minimum absolute atomic E-state index is 0.792. The second kappa shape index (κ2) is 5.74. The van der Waals surface area contributed by atoms with Crippen molar-refractivity contribution >= 4 is 17.3 Å². The Labute approximate surface area is 107 Å². The quantitative estimate of drug-likeness (QED) is 0.847. The summed E-state index contributed by atoms with van der Waals surface area (Å²) in [6, 6.07) is 16.4. The summed E-state index contributed by atoms with van der Waals surface area (Å²) in [7, 11) is 0. The lowest BCUT2D eigenvalue weighted by atomic mass is 10.1. The molecule has 1 nitrogen and oxygen atoms in total. The van der Waals surface area contributed by atoms with Crippen molar-refractivity contribution in [1.29, 1.82) is 0 Å². The maximum Gasteiger partial charge on any atom is 0.0406 e. The Morgan fingerprint density at radius 1 is 1.06 bits per heavy atom. The minimum atomic E-state index is 0.792. The number of anilines is 1. The lowest BCUT2D eigenvalue weighted by molar-refractivity contribution is 1.02. The van der Waals surface area contributed by atoms with Crippen LogP contribution in [0.1, 0.15) is 11.1 Å². The molecule has 0 aliphatic carbocycles. The zero-order chi connectivity index (χ0) is 12.1. The van der Waals surface area contributed by atoms with E-state index in [1.54, 1.807) is 0 Å². The molecule has 0 unspecified atom stereocenters. The van der Waals surface area contributed by atoms with Crippen LogP contribution >= 0.6 is 11.6 Å². The summed E-state index contributed by atoms with van der Waals surface area (Å²) in [5.74, 6) is 0. The highest BCUT2D eigenvalue weighted by Crippen LogP contribution is 2.12. The Hall–Kier alpha value is -1.47. The first-order valence-corrected chi connectivity index (χ1v) is 6.17. The van der Waals surface area contributed by atoms with Gasteiger partial charge in [0.25, 0.3) is 0 Å². The van der Waals surface area contributed by atoms with Crippen molar-refractivity contribution in [2.75, 3.05) is 11.9 Å². The lowest BCUT2D eigenvalue weighted by Gasteiger charge is -2.07. The molecule has 2 aromatic carbocycles. The molecule has 2 heteroatoms. The molecule has 0 aliphatic heterocycles. The largest absolute Gasteiger partial charge is 0.385 e. The van der Waals surface area contributed by atoms with E-state index in [0.717, 1.165) is 18.0 Å². The van der Waals surface area contributed by atoms with E-state index < -0.39 is 0 Å². The summed E-state index contributed by atoms with van der Waals surface area (Å²) in [4.78, 5) is 0. The van der Waals surface area contributed by atoms with Crippen LogP contribution < -0.4 is 5.32 Å². The molecule has 0 aromatic heterocycles. The van der Waals surface area contributed by atoms with Crippen LogP contribution in [0.3, 0.4) is 0 Å². The van der Waals surface area contributed by atoms with Crippen LogP contribution in [0, 0.1) is 6.92 Å². The van der Waals surface area contributed by atoms with Gasteiger partial charge in [0.15, 0.2) is 0 Å². The molecule has 0 heterocycles. The van der Waals surface area contributed by atoms with E-state index in [4.69, 9.17) is 11.6 Å².